The smallest absolute Gasteiger partial charge is 0.0604 e. The highest BCUT2D eigenvalue weighted by molar-refractivity contribution is 4.99. The van der Waals surface area contributed by atoms with E-state index in [-0.39, 0.29) is 0 Å². The number of ether oxygens (including phenoxy) is 1. The molecule has 2 rings (SSSR count). The first-order valence-corrected chi connectivity index (χ1v) is 6.01. The van der Waals surface area contributed by atoms with Crippen LogP contribution in [0.25, 0.3) is 0 Å². The lowest BCUT2D eigenvalue weighted by Gasteiger charge is -2.38. The molecule has 82 valence electrons. The molecule has 0 aromatic heterocycles. The zero-order valence-corrected chi connectivity index (χ0v) is 9.68. The van der Waals surface area contributed by atoms with Crippen LogP contribution in [0.5, 0.6) is 0 Å². The van der Waals surface area contributed by atoms with Crippen molar-refractivity contribution in [3.8, 4) is 0 Å². The lowest BCUT2D eigenvalue weighted by molar-refractivity contribution is -0.0137. The third kappa shape index (κ3) is 2.12. The van der Waals surface area contributed by atoms with Crippen molar-refractivity contribution in [3.63, 3.8) is 0 Å². The summed E-state index contributed by atoms with van der Waals surface area (Å²) >= 11 is 0. The standard InChI is InChI=1S/C12H23NO/c1-4-14-11-7-10(8-11)13-9(2)12(3)5-6-12/h9-11,13H,4-8H2,1-3H3. The van der Waals surface area contributed by atoms with Crippen molar-refractivity contribution < 1.29 is 4.74 Å². The molecule has 0 aromatic carbocycles. The molecule has 2 fully saturated rings. The van der Waals surface area contributed by atoms with Crippen LogP contribution in [-0.2, 0) is 4.74 Å². The fourth-order valence-corrected chi connectivity index (χ4v) is 2.26. The molecule has 0 heterocycles. The van der Waals surface area contributed by atoms with Gasteiger partial charge in [0.2, 0.25) is 0 Å². The zero-order chi connectivity index (χ0) is 10.2. The van der Waals surface area contributed by atoms with Crippen molar-refractivity contribution >= 4 is 0 Å². The molecule has 14 heavy (non-hydrogen) atoms. The Kier molecular flexibility index (Phi) is 2.85. The third-order valence-electron chi connectivity index (χ3n) is 4.07. The normalized spacial score (nSPS) is 36.2. The fourth-order valence-electron chi connectivity index (χ4n) is 2.26. The summed E-state index contributed by atoms with van der Waals surface area (Å²) in [6.45, 7) is 7.67. The summed E-state index contributed by atoms with van der Waals surface area (Å²) in [6, 6.07) is 1.41. The summed E-state index contributed by atoms with van der Waals surface area (Å²) in [7, 11) is 0. The van der Waals surface area contributed by atoms with Gasteiger partial charge in [0.25, 0.3) is 0 Å². The number of rotatable bonds is 5. The van der Waals surface area contributed by atoms with Crippen LogP contribution in [0.1, 0.15) is 46.5 Å². The second-order valence-corrected chi connectivity index (χ2v) is 5.29. The van der Waals surface area contributed by atoms with Gasteiger partial charge in [0.15, 0.2) is 0 Å². The minimum absolute atomic E-state index is 0.539. The minimum Gasteiger partial charge on any atom is -0.378 e. The van der Waals surface area contributed by atoms with Gasteiger partial charge in [-0.25, -0.2) is 0 Å². The molecule has 1 unspecified atom stereocenters. The number of hydrogen-bond donors (Lipinski definition) is 1. The first kappa shape index (κ1) is 10.4. The highest BCUT2D eigenvalue weighted by Gasteiger charge is 2.44. The first-order valence-electron chi connectivity index (χ1n) is 6.01. The van der Waals surface area contributed by atoms with E-state index in [0.29, 0.717) is 17.6 Å². The molecule has 0 spiro atoms. The highest BCUT2D eigenvalue weighted by Crippen LogP contribution is 2.48. The minimum atomic E-state index is 0.539. The van der Waals surface area contributed by atoms with E-state index in [4.69, 9.17) is 4.74 Å². The molecule has 2 nitrogen and oxygen atoms in total. The van der Waals surface area contributed by atoms with Crippen LogP contribution < -0.4 is 5.32 Å². The predicted molar refractivity (Wildman–Crippen MR) is 58.4 cm³/mol. The van der Waals surface area contributed by atoms with Crippen LogP contribution in [-0.4, -0.2) is 24.8 Å². The van der Waals surface area contributed by atoms with Crippen molar-refractivity contribution in [2.45, 2.75) is 64.6 Å². The van der Waals surface area contributed by atoms with Crippen LogP contribution in [0.3, 0.4) is 0 Å². The Morgan fingerprint density at radius 3 is 2.57 bits per heavy atom. The molecule has 0 aromatic rings. The Labute approximate surface area is 87.4 Å². The van der Waals surface area contributed by atoms with E-state index in [0.717, 1.165) is 12.6 Å². The summed E-state index contributed by atoms with van der Waals surface area (Å²) in [4.78, 5) is 0. The van der Waals surface area contributed by atoms with Gasteiger partial charge in [0, 0.05) is 18.7 Å². The van der Waals surface area contributed by atoms with Crippen LogP contribution in [0.15, 0.2) is 0 Å². The molecular weight excluding hydrogens is 174 g/mol. The van der Waals surface area contributed by atoms with Gasteiger partial charge < -0.3 is 10.1 Å². The van der Waals surface area contributed by atoms with E-state index >= 15 is 0 Å². The van der Waals surface area contributed by atoms with Gasteiger partial charge in [-0.2, -0.15) is 0 Å². The lowest BCUT2D eigenvalue weighted by atomic mass is 9.87. The van der Waals surface area contributed by atoms with Gasteiger partial charge in [-0.3, -0.25) is 0 Å². The molecular formula is C12H23NO. The van der Waals surface area contributed by atoms with Crippen molar-refractivity contribution in [2.75, 3.05) is 6.61 Å². The Balaban J connectivity index is 1.64. The van der Waals surface area contributed by atoms with Gasteiger partial charge in [-0.15, -0.1) is 0 Å². The van der Waals surface area contributed by atoms with E-state index in [1.54, 1.807) is 0 Å². The maximum atomic E-state index is 5.55. The molecule has 0 radical (unpaired) electrons. The summed E-state index contributed by atoms with van der Waals surface area (Å²) < 4.78 is 5.55. The Hall–Kier alpha value is -0.0800. The quantitative estimate of drug-likeness (QED) is 0.730. The monoisotopic (exact) mass is 197 g/mol. The Morgan fingerprint density at radius 1 is 1.43 bits per heavy atom. The molecule has 0 bridgehead atoms. The summed E-state index contributed by atoms with van der Waals surface area (Å²) in [5.41, 5.74) is 0.608. The molecule has 0 aliphatic heterocycles. The van der Waals surface area contributed by atoms with Crippen molar-refractivity contribution in [2.24, 2.45) is 5.41 Å². The summed E-state index contributed by atoms with van der Waals surface area (Å²) in [6.07, 6.45) is 5.78. The maximum Gasteiger partial charge on any atom is 0.0604 e. The van der Waals surface area contributed by atoms with Crippen molar-refractivity contribution in [1.82, 2.24) is 5.32 Å². The number of hydrogen-bond acceptors (Lipinski definition) is 2. The summed E-state index contributed by atoms with van der Waals surface area (Å²) in [5, 5.41) is 3.73. The van der Waals surface area contributed by atoms with Gasteiger partial charge in [-0.05, 0) is 44.9 Å². The molecule has 2 saturated carbocycles. The van der Waals surface area contributed by atoms with Crippen LogP contribution in [0.4, 0.5) is 0 Å². The van der Waals surface area contributed by atoms with Gasteiger partial charge >= 0.3 is 0 Å². The largest absolute Gasteiger partial charge is 0.378 e. The zero-order valence-electron chi connectivity index (χ0n) is 9.68. The van der Waals surface area contributed by atoms with Crippen molar-refractivity contribution in [3.05, 3.63) is 0 Å². The molecule has 1 atom stereocenters. The van der Waals surface area contributed by atoms with Crippen LogP contribution in [0.2, 0.25) is 0 Å². The predicted octanol–water partition coefficient (Wildman–Crippen LogP) is 2.33. The molecule has 0 amide bonds. The van der Waals surface area contributed by atoms with Gasteiger partial charge in [-0.1, -0.05) is 6.92 Å². The Bertz CT molecular complexity index is 194. The van der Waals surface area contributed by atoms with Crippen LogP contribution in [0, 0.1) is 5.41 Å². The van der Waals surface area contributed by atoms with Crippen LogP contribution >= 0.6 is 0 Å². The molecule has 1 N–H and O–H groups in total. The van der Waals surface area contributed by atoms with E-state index in [1.165, 1.54) is 25.7 Å². The van der Waals surface area contributed by atoms with Crippen molar-refractivity contribution in [1.29, 1.82) is 0 Å². The average Bonchev–Trinajstić information content (AvgIpc) is 2.81. The van der Waals surface area contributed by atoms with Gasteiger partial charge in [0.05, 0.1) is 6.10 Å². The molecule has 0 saturated heterocycles. The average molecular weight is 197 g/mol. The highest BCUT2D eigenvalue weighted by atomic mass is 16.5. The topological polar surface area (TPSA) is 21.3 Å². The molecule has 2 heteroatoms. The second kappa shape index (κ2) is 3.82. The van der Waals surface area contributed by atoms with E-state index < -0.39 is 0 Å². The maximum absolute atomic E-state index is 5.55. The molecule has 2 aliphatic rings. The second-order valence-electron chi connectivity index (χ2n) is 5.29. The van der Waals surface area contributed by atoms with E-state index in [2.05, 4.69) is 26.1 Å². The van der Waals surface area contributed by atoms with Gasteiger partial charge in [0.1, 0.15) is 0 Å². The lowest BCUT2D eigenvalue weighted by Crippen LogP contribution is -2.50. The number of nitrogens with one attached hydrogen (secondary N) is 1. The molecule has 2 aliphatic carbocycles. The SMILES string of the molecule is CCOC1CC(NC(C)C2(C)CC2)C1. The van der Waals surface area contributed by atoms with E-state index in [1.807, 2.05) is 0 Å². The fraction of sp³-hybridized carbons (Fsp3) is 1.00. The summed E-state index contributed by atoms with van der Waals surface area (Å²) in [5.74, 6) is 0. The third-order valence-corrected chi connectivity index (χ3v) is 4.07. The van der Waals surface area contributed by atoms with E-state index in [9.17, 15) is 0 Å². The Morgan fingerprint density at radius 2 is 2.07 bits per heavy atom. The first-order chi connectivity index (χ1) is 6.64.